The number of hydrogen-bond donors (Lipinski definition) is 1. The number of nitrogens with one attached hydrogen (secondary N) is 1. The van der Waals surface area contributed by atoms with Crippen molar-refractivity contribution >= 4 is 11.8 Å². The number of benzene rings is 1. The van der Waals surface area contributed by atoms with Crippen LogP contribution in [0.4, 0.5) is 10.5 Å². The SMILES string of the molecule is CC(C)(C)OC(=O)N(CCNc1ccc2c(c1)OCCO2)C(C)(C)C. The Hall–Kier alpha value is -2.11. The predicted octanol–water partition coefficient (Wildman–Crippen LogP) is 3.91. The van der Waals surface area contributed by atoms with Crippen LogP contribution in [0.3, 0.4) is 0 Å². The van der Waals surface area contributed by atoms with Crippen molar-refractivity contribution < 1.29 is 19.0 Å². The van der Waals surface area contributed by atoms with E-state index in [1.165, 1.54) is 0 Å². The summed E-state index contributed by atoms with van der Waals surface area (Å²) in [6, 6.07) is 5.76. The van der Waals surface area contributed by atoms with Gasteiger partial charge in [-0.05, 0) is 53.7 Å². The van der Waals surface area contributed by atoms with Crippen LogP contribution in [-0.2, 0) is 4.74 Å². The van der Waals surface area contributed by atoms with Gasteiger partial charge < -0.3 is 24.4 Å². The number of anilines is 1. The summed E-state index contributed by atoms with van der Waals surface area (Å²) in [5, 5.41) is 3.33. The third-order valence-corrected chi connectivity index (χ3v) is 3.63. The molecule has 1 aliphatic rings. The smallest absolute Gasteiger partial charge is 0.410 e. The zero-order valence-corrected chi connectivity index (χ0v) is 16.1. The molecule has 0 saturated heterocycles. The van der Waals surface area contributed by atoms with Gasteiger partial charge in [0.25, 0.3) is 0 Å². The first-order chi connectivity index (χ1) is 11.6. The third kappa shape index (κ3) is 5.73. The number of carbonyl (C=O) groups is 1. The minimum absolute atomic E-state index is 0.302. The van der Waals surface area contributed by atoms with Gasteiger partial charge in [-0.15, -0.1) is 0 Å². The van der Waals surface area contributed by atoms with Crippen molar-refractivity contribution in [1.82, 2.24) is 4.90 Å². The lowest BCUT2D eigenvalue weighted by Gasteiger charge is -2.37. The summed E-state index contributed by atoms with van der Waals surface area (Å²) < 4.78 is 16.6. The van der Waals surface area contributed by atoms with Crippen LogP contribution >= 0.6 is 0 Å². The predicted molar refractivity (Wildman–Crippen MR) is 98.6 cm³/mol. The quantitative estimate of drug-likeness (QED) is 0.892. The van der Waals surface area contributed by atoms with Crippen LogP contribution in [0.25, 0.3) is 0 Å². The van der Waals surface area contributed by atoms with Gasteiger partial charge in [0.2, 0.25) is 0 Å². The van der Waals surface area contributed by atoms with E-state index in [1.807, 2.05) is 59.7 Å². The van der Waals surface area contributed by atoms with Crippen molar-refractivity contribution in [3.8, 4) is 11.5 Å². The molecule has 1 aliphatic heterocycles. The fourth-order valence-corrected chi connectivity index (χ4v) is 2.48. The van der Waals surface area contributed by atoms with Crippen LogP contribution in [0.1, 0.15) is 41.5 Å². The van der Waals surface area contributed by atoms with Crippen molar-refractivity contribution in [3.05, 3.63) is 18.2 Å². The fourth-order valence-electron chi connectivity index (χ4n) is 2.48. The standard InChI is InChI=1S/C19H30N2O4/c1-18(2,3)21(17(22)25-19(4,5)6)10-9-20-14-7-8-15-16(13-14)24-12-11-23-15/h7-8,13,20H,9-12H2,1-6H3. The molecule has 1 amide bonds. The molecule has 0 aromatic heterocycles. The van der Waals surface area contributed by atoms with E-state index < -0.39 is 5.60 Å². The van der Waals surface area contributed by atoms with Crippen LogP contribution < -0.4 is 14.8 Å². The summed E-state index contributed by atoms with van der Waals surface area (Å²) in [6.45, 7) is 13.9. The summed E-state index contributed by atoms with van der Waals surface area (Å²) in [4.78, 5) is 14.2. The number of hydrogen-bond acceptors (Lipinski definition) is 5. The summed E-state index contributed by atoms with van der Waals surface area (Å²) in [5.41, 5.74) is 0.100. The van der Waals surface area contributed by atoms with E-state index in [2.05, 4.69) is 5.32 Å². The van der Waals surface area contributed by atoms with E-state index >= 15 is 0 Å². The van der Waals surface area contributed by atoms with Crippen LogP contribution in [0.5, 0.6) is 11.5 Å². The molecule has 0 aliphatic carbocycles. The molecular formula is C19H30N2O4. The first-order valence-corrected chi connectivity index (χ1v) is 8.70. The van der Waals surface area contributed by atoms with Gasteiger partial charge in [0, 0.05) is 30.4 Å². The van der Waals surface area contributed by atoms with Gasteiger partial charge in [0.05, 0.1) is 0 Å². The lowest BCUT2D eigenvalue weighted by molar-refractivity contribution is 0.00749. The van der Waals surface area contributed by atoms with Gasteiger partial charge in [-0.2, -0.15) is 0 Å². The zero-order chi connectivity index (χ0) is 18.7. The third-order valence-electron chi connectivity index (χ3n) is 3.63. The van der Waals surface area contributed by atoms with Gasteiger partial charge in [0.1, 0.15) is 18.8 Å². The van der Waals surface area contributed by atoms with Crippen LogP contribution in [0.2, 0.25) is 0 Å². The molecule has 0 radical (unpaired) electrons. The molecule has 0 bridgehead atoms. The first kappa shape index (κ1) is 19.2. The highest BCUT2D eigenvalue weighted by atomic mass is 16.6. The highest BCUT2D eigenvalue weighted by molar-refractivity contribution is 5.69. The van der Waals surface area contributed by atoms with E-state index in [1.54, 1.807) is 4.90 Å². The van der Waals surface area contributed by atoms with Crippen molar-refractivity contribution in [1.29, 1.82) is 0 Å². The summed E-state index contributed by atoms with van der Waals surface area (Å²) >= 11 is 0. The van der Waals surface area contributed by atoms with Gasteiger partial charge in [-0.25, -0.2) is 4.79 Å². The van der Waals surface area contributed by atoms with Gasteiger partial charge in [-0.1, -0.05) is 0 Å². The maximum Gasteiger partial charge on any atom is 0.410 e. The minimum atomic E-state index is -0.510. The number of rotatable bonds is 4. The molecule has 1 heterocycles. The van der Waals surface area contributed by atoms with E-state index in [0.29, 0.717) is 26.3 Å². The average molecular weight is 350 g/mol. The Labute approximate surface area is 150 Å². The first-order valence-electron chi connectivity index (χ1n) is 8.70. The number of carbonyl (C=O) groups excluding carboxylic acids is 1. The number of ether oxygens (including phenoxy) is 3. The minimum Gasteiger partial charge on any atom is -0.486 e. The Morgan fingerprint density at radius 2 is 1.76 bits per heavy atom. The number of fused-ring (bicyclic) bond motifs is 1. The summed E-state index contributed by atoms with van der Waals surface area (Å²) in [6.07, 6.45) is -0.302. The van der Waals surface area contributed by atoms with Crippen LogP contribution in [-0.4, -0.2) is 48.4 Å². The van der Waals surface area contributed by atoms with E-state index in [-0.39, 0.29) is 11.6 Å². The molecule has 1 aromatic rings. The monoisotopic (exact) mass is 350 g/mol. The Morgan fingerprint density at radius 3 is 2.36 bits per heavy atom. The molecule has 6 nitrogen and oxygen atoms in total. The Kier molecular flexibility index (Phi) is 5.70. The van der Waals surface area contributed by atoms with Crippen molar-refractivity contribution in [2.45, 2.75) is 52.7 Å². The zero-order valence-electron chi connectivity index (χ0n) is 16.1. The second-order valence-corrected chi connectivity index (χ2v) is 8.09. The average Bonchev–Trinajstić information content (AvgIpc) is 2.48. The lowest BCUT2D eigenvalue weighted by Crippen LogP contribution is -2.49. The molecule has 0 unspecified atom stereocenters. The normalized spacial score (nSPS) is 14.0. The largest absolute Gasteiger partial charge is 0.486 e. The molecule has 140 valence electrons. The molecule has 1 aromatic carbocycles. The fraction of sp³-hybridized carbons (Fsp3) is 0.632. The molecule has 6 heteroatoms. The summed E-state index contributed by atoms with van der Waals surface area (Å²) in [7, 11) is 0. The van der Waals surface area contributed by atoms with Crippen LogP contribution in [0, 0.1) is 0 Å². The molecule has 25 heavy (non-hydrogen) atoms. The second kappa shape index (κ2) is 7.42. The van der Waals surface area contributed by atoms with Gasteiger partial charge in [0.15, 0.2) is 11.5 Å². The van der Waals surface area contributed by atoms with Crippen LogP contribution in [0.15, 0.2) is 18.2 Å². The van der Waals surface area contributed by atoms with Crippen molar-refractivity contribution in [3.63, 3.8) is 0 Å². The van der Waals surface area contributed by atoms with E-state index in [0.717, 1.165) is 17.2 Å². The summed E-state index contributed by atoms with van der Waals surface area (Å²) in [5.74, 6) is 1.51. The Balaban J connectivity index is 1.95. The molecule has 0 saturated carbocycles. The molecule has 0 spiro atoms. The van der Waals surface area contributed by atoms with Gasteiger partial charge in [-0.3, -0.25) is 0 Å². The van der Waals surface area contributed by atoms with E-state index in [9.17, 15) is 4.79 Å². The molecule has 0 atom stereocenters. The maximum atomic E-state index is 12.5. The number of amides is 1. The van der Waals surface area contributed by atoms with Crippen molar-refractivity contribution in [2.75, 3.05) is 31.6 Å². The van der Waals surface area contributed by atoms with Gasteiger partial charge >= 0.3 is 6.09 Å². The molecule has 2 rings (SSSR count). The molecule has 0 fully saturated rings. The Bertz CT molecular complexity index is 602. The van der Waals surface area contributed by atoms with Crippen molar-refractivity contribution in [2.24, 2.45) is 0 Å². The maximum absolute atomic E-state index is 12.5. The highest BCUT2D eigenvalue weighted by Gasteiger charge is 2.30. The highest BCUT2D eigenvalue weighted by Crippen LogP contribution is 2.32. The topological polar surface area (TPSA) is 60.0 Å². The molecule has 1 N–H and O–H groups in total. The van der Waals surface area contributed by atoms with E-state index in [4.69, 9.17) is 14.2 Å². The second-order valence-electron chi connectivity index (χ2n) is 8.09. The lowest BCUT2D eigenvalue weighted by atomic mass is 10.1. The Morgan fingerprint density at radius 1 is 1.12 bits per heavy atom. The number of nitrogens with zero attached hydrogens (tertiary/aromatic N) is 1. The molecular weight excluding hydrogens is 320 g/mol.